The summed E-state index contributed by atoms with van der Waals surface area (Å²) in [6, 6.07) is 52.6. The number of para-hydroxylation sites is 2. The molecule has 0 aliphatic heterocycles. The minimum absolute atomic E-state index is 0.0692. The maximum atomic E-state index is 13.2. The van der Waals surface area contributed by atoms with Gasteiger partial charge in [0.15, 0.2) is 0 Å². The zero-order valence-corrected chi connectivity index (χ0v) is 30.7. The molecular weight excluding hydrogens is 641 g/mol. The molecule has 6 heteroatoms. The molecule has 0 saturated carbocycles. The largest absolute Gasteiger partial charge is 0.347 e. The quantitative estimate of drug-likeness (QED) is 0.159. The topological polar surface area (TPSA) is 64.7 Å². The van der Waals surface area contributed by atoms with Gasteiger partial charge in [0.2, 0.25) is 0 Å². The van der Waals surface area contributed by atoms with Crippen LogP contribution in [0.5, 0.6) is 0 Å². The third-order valence-electron chi connectivity index (χ3n) is 8.65. The van der Waals surface area contributed by atoms with Gasteiger partial charge in [0.25, 0.3) is 11.8 Å². The second-order valence-electron chi connectivity index (χ2n) is 14.9. The van der Waals surface area contributed by atoms with E-state index in [-0.39, 0.29) is 22.8 Å². The number of hydrogen-bond acceptors (Lipinski definition) is 4. The first-order valence-electron chi connectivity index (χ1n) is 17.6. The van der Waals surface area contributed by atoms with Crippen molar-refractivity contribution in [3.63, 3.8) is 0 Å². The van der Waals surface area contributed by atoms with E-state index in [1.165, 1.54) is 5.56 Å². The molecule has 6 aromatic rings. The first kappa shape index (κ1) is 35.7. The lowest BCUT2D eigenvalue weighted by molar-refractivity contribution is 0.0919. The second kappa shape index (κ2) is 15.0. The third kappa shape index (κ3) is 8.59. The van der Waals surface area contributed by atoms with Crippen LogP contribution >= 0.6 is 0 Å². The maximum Gasteiger partial charge on any atom is 0.255 e. The molecule has 0 fully saturated rings. The van der Waals surface area contributed by atoms with Gasteiger partial charge in [0.05, 0.1) is 0 Å². The number of benzene rings is 6. The Morgan fingerprint density at radius 3 is 1.25 bits per heavy atom. The summed E-state index contributed by atoms with van der Waals surface area (Å²) < 4.78 is 0. The molecule has 0 bridgehead atoms. The zero-order chi connectivity index (χ0) is 36.9. The van der Waals surface area contributed by atoms with Gasteiger partial charge < -0.3 is 20.4 Å². The van der Waals surface area contributed by atoms with Gasteiger partial charge in [-0.1, -0.05) is 75.4 Å². The number of nitrogens with zero attached hydrogens (tertiary/aromatic N) is 2. The minimum Gasteiger partial charge on any atom is -0.347 e. The highest BCUT2D eigenvalue weighted by molar-refractivity contribution is 6.06. The van der Waals surface area contributed by atoms with Crippen LogP contribution in [0, 0.1) is 0 Å². The van der Waals surface area contributed by atoms with Crippen LogP contribution in [0.1, 0.15) is 67.8 Å². The summed E-state index contributed by atoms with van der Waals surface area (Å²) in [5, 5.41) is 5.93. The molecule has 0 radical (unpaired) electrons. The van der Waals surface area contributed by atoms with Crippen LogP contribution in [-0.2, 0) is 5.41 Å². The molecule has 262 valence electrons. The summed E-state index contributed by atoms with van der Waals surface area (Å²) in [5.74, 6) is -0.507. The van der Waals surface area contributed by atoms with Gasteiger partial charge in [-0.15, -0.1) is 0 Å². The van der Waals surface area contributed by atoms with Crippen LogP contribution in [0.3, 0.4) is 0 Å². The highest BCUT2D eigenvalue weighted by Crippen LogP contribution is 2.39. The third-order valence-corrected chi connectivity index (χ3v) is 8.65. The predicted molar refractivity (Wildman–Crippen MR) is 216 cm³/mol. The molecule has 6 nitrogen and oxygen atoms in total. The van der Waals surface area contributed by atoms with Crippen molar-refractivity contribution >= 4 is 51.6 Å². The monoisotopic (exact) mass is 686 g/mol. The normalized spacial score (nSPS) is 11.4. The lowest BCUT2D eigenvalue weighted by Crippen LogP contribution is -2.40. The van der Waals surface area contributed by atoms with E-state index in [4.69, 9.17) is 0 Å². The number of anilines is 7. The van der Waals surface area contributed by atoms with Crippen molar-refractivity contribution < 1.29 is 9.59 Å². The van der Waals surface area contributed by atoms with E-state index in [1.807, 2.05) is 69.3 Å². The molecule has 2 N–H and O–H groups in total. The number of amides is 2. The van der Waals surface area contributed by atoms with Crippen molar-refractivity contribution in [1.29, 1.82) is 0 Å². The van der Waals surface area contributed by atoms with Crippen LogP contribution in [0.4, 0.5) is 39.8 Å². The number of rotatable bonds is 9. The molecule has 0 spiro atoms. The number of hydrogen-bond donors (Lipinski definition) is 2. The van der Waals surface area contributed by atoms with Crippen LogP contribution in [0.15, 0.2) is 158 Å². The molecule has 0 aliphatic rings. The average molecular weight is 687 g/mol. The van der Waals surface area contributed by atoms with Gasteiger partial charge in [-0.2, -0.15) is 0 Å². The fourth-order valence-electron chi connectivity index (χ4n) is 6.02. The Balaban J connectivity index is 1.26. The van der Waals surface area contributed by atoms with Crippen LogP contribution in [0.2, 0.25) is 0 Å². The molecule has 6 aromatic carbocycles. The number of carbonyl (C=O) groups is 2. The van der Waals surface area contributed by atoms with Crippen LogP contribution < -0.4 is 20.4 Å². The second-order valence-corrected chi connectivity index (χ2v) is 14.9. The Hall–Kier alpha value is -6.14. The van der Waals surface area contributed by atoms with Crippen molar-refractivity contribution in [2.75, 3.05) is 15.1 Å². The van der Waals surface area contributed by atoms with Gasteiger partial charge in [-0.3, -0.25) is 9.59 Å². The van der Waals surface area contributed by atoms with Crippen molar-refractivity contribution in [3.8, 4) is 0 Å². The maximum absolute atomic E-state index is 13.2. The Bertz CT molecular complexity index is 2110. The smallest absolute Gasteiger partial charge is 0.255 e. The van der Waals surface area contributed by atoms with Crippen LogP contribution in [-0.4, -0.2) is 17.4 Å². The van der Waals surface area contributed by atoms with E-state index in [2.05, 4.69) is 126 Å². The van der Waals surface area contributed by atoms with E-state index in [1.54, 1.807) is 24.3 Å². The Morgan fingerprint density at radius 1 is 0.442 bits per heavy atom. The molecule has 0 atom stereocenters. The zero-order valence-electron chi connectivity index (χ0n) is 30.7. The summed E-state index contributed by atoms with van der Waals surface area (Å²) in [6.07, 6.45) is 0. The molecule has 52 heavy (non-hydrogen) atoms. The van der Waals surface area contributed by atoms with Gasteiger partial charge in [0, 0.05) is 56.5 Å². The van der Waals surface area contributed by atoms with Gasteiger partial charge >= 0.3 is 0 Å². The average Bonchev–Trinajstić information content (AvgIpc) is 3.13. The Morgan fingerprint density at radius 2 is 0.827 bits per heavy atom. The summed E-state index contributed by atoms with van der Waals surface area (Å²) >= 11 is 0. The summed E-state index contributed by atoms with van der Waals surface area (Å²) in [7, 11) is 0. The molecule has 2 amide bonds. The van der Waals surface area contributed by atoms with Crippen molar-refractivity contribution in [2.45, 2.75) is 52.5 Å². The van der Waals surface area contributed by atoms with E-state index in [0.717, 1.165) is 34.1 Å². The van der Waals surface area contributed by atoms with Crippen molar-refractivity contribution in [3.05, 3.63) is 174 Å². The fourth-order valence-corrected chi connectivity index (χ4v) is 6.02. The van der Waals surface area contributed by atoms with Crippen molar-refractivity contribution in [1.82, 2.24) is 5.32 Å². The van der Waals surface area contributed by atoms with E-state index in [9.17, 15) is 9.59 Å². The van der Waals surface area contributed by atoms with Crippen LogP contribution in [0.25, 0.3) is 0 Å². The minimum atomic E-state index is -0.381. The summed E-state index contributed by atoms with van der Waals surface area (Å²) in [4.78, 5) is 30.4. The molecule has 0 aliphatic carbocycles. The highest BCUT2D eigenvalue weighted by Gasteiger charge is 2.19. The van der Waals surface area contributed by atoms with E-state index in [0.29, 0.717) is 16.8 Å². The predicted octanol–water partition coefficient (Wildman–Crippen LogP) is 11.7. The number of carbonyl (C=O) groups excluding carboxylic acids is 2. The van der Waals surface area contributed by atoms with Gasteiger partial charge in [0.1, 0.15) is 0 Å². The molecule has 6 rings (SSSR count). The van der Waals surface area contributed by atoms with Gasteiger partial charge in [-0.05, 0) is 135 Å². The molecule has 0 saturated heterocycles. The Kier molecular flexibility index (Phi) is 10.3. The standard InChI is InChI=1S/C46H46N4O2/c1-45(2,3)35-20-24-39(25-21-35)49(37-16-9-7-10-17-37)41-28-30-42(31-29-41)50(38-18-11-8-12-19-38)40-26-22-36(23-27-40)47-43(51)33-14-13-15-34(32-33)44(52)48-46(4,5)6/h7-32H,1-6H3,(H,47,51)(H,48,52). The van der Waals surface area contributed by atoms with Crippen molar-refractivity contribution in [2.24, 2.45) is 0 Å². The molecular formula is C46H46N4O2. The lowest BCUT2D eigenvalue weighted by atomic mass is 9.87. The summed E-state index contributed by atoms with van der Waals surface area (Å²) in [5.41, 5.74) is 8.63. The first-order chi connectivity index (χ1) is 24.9. The van der Waals surface area contributed by atoms with E-state index < -0.39 is 0 Å². The number of nitrogens with one attached hydrogen (secondary N) is 2. The molecule has 0 aromatic heterocycles. The Labute approximate surface area is 307 Å². The fraction of sp³-hybridized carbons (Fsp3) is 0.174. The summed E-state index contributed by atoms with van der Waals surface area (Å²) in [6.45, 7) is 12.5. The molecule has 0 unspecified atom stereocenters. The molecule has 0 heterocycles. The lowest BCUT2D eigenvalue weighted by Gasteiger charge is -2.29. The highest BCUT2D eigenvalue weighted by atomic mass is 16.2. The first-order valence-corrected chi connectivity index (χ1v) is 17.6. The van der Waals surface area contributed by atoms with Gasteiger partial charge in [-0.25, -0.2) is 0 Å². The SMILES string of the molecule is CC(C)(C)NC(=O)c1cccc(C(=O)Nc2ccc(N(c3ccccc3)c3ccc(N(c4ccccc4)c4ccc(C(C)(C)C)cc4)cc3)cc2)c1. The van der Waals surface area contributed by atoms with E-state index >= 15 is 0 Å².